The molecule has 2 aromatic carbocycles. The van der Waals surface area contributed by atoms with E-state index in [-0.39, 0.29) is 4.90 Å². The third-order valence-electron chi connectivity index (χ3n) is 2.84. The zero-order valence-electron chi connectivity index (χ0n) is 10.9. The van der Waals surface area contributed by atoms with Crippen molar-refractivity contribution in [2.45, 2.75) is 18.2 Å². The second-order valence-electron chi connectivity index (χ2n) is 4.34. The lowest BCUT2D eigenvalue weighted by Gasteiger charge is -2.12. The smallest absolute Gasteiger partial charge is 0.262 e. The summed E-state index contributed by atoms with van der Waals surface area (Å²) in [5.41, 5.74) is 7.43. The van der Waals surface area contributed by atoms with Crippen LogP contribution < -0.4 is 10.5 Å². The maximum absolute atomic E-state index is 12.5. The van der Waals surface area contributed by atoms with Crippen LogP contribution in [0.25, 0.3) is 0 Å². The quantitative estimate of drug-likeness (QED) is 0.609. The Hall–Kier alpha value is -1.28. The summed E-state index contributed by atoms with van der Waals surface area (Å²) in [5.74, 6) is 0. The van der Waals surface area contributed by atoms with Crippen molar-refractivity contribution in [3.05, 3.63) is 51.6 Å². The largest absolute Gasteiger partial charge is 0.399 e. The number of nitrogens with one attached hydrogen (secondary N) is 1. The average molecular weight is 402 g/mol. The maximum Gasteiger partial charge on any atom is 0.262 e. The number of halogens is 1. The molecule has 2 rings (SSSR count). The molecule has 106 valence electrons. The number of nitrogens with two attached hydrogens (primary N) is 1. The van der Waals surface area contributed by atoms with Crippen LogP contribution in [-0.2, 0) is 16.4 Å². The normalized spacial score (nSPS) is 11.3. The molecule has 20 heavy (non-hydrogen) atoms. The lowest BCUT2D eigenvalue weighted by molar-refractivity contribution is 0.600. The molecule has 0 unspecified atom stereocenters. The van der Waals surface area contributed by atoms with E-state index in [0.29, 0.717) is 17.8 Å². The SMILES string of the molecule is CCc1ccc(N)cc1S(=O)(=O)Nc1cccc(I)c1. The van der Waals surface area contributed by atoms with Gasteiger partial charge < -0.3 is 5.73 Å². The molecule has 0 aliphatic rings. The van der Waals surface area contributed by atoms with Gasteiger partial charge in [-0.1, -0.05) is 19.1 Å². The van der Waals surface area contributed by atoms with Crippen LogP contribution in [0.5, 0.6) is 0 Å². The Balaban J connectivity index is 2.43. The summed E-state index contributed by atoms with van der Waals surface area (Å²) in [4.78, 5) is 0.235. The van der Waals surface area contributed by atoms with Gasteiger partial charge in [-0.15, -0.1) is 0 Å². The van der Waals surface area contributed by atoms with Crippen molar-refractivity contribution in [3.63, 3.8) is 0 Å². The predicted octanol–water partition coefficient (Wildman–Crippen LogP) is 3.24. The van der Waals surface area contributed by atoms with Crippen LogP contribution in [0.2, 0.25) is 0 Å². The van der Waals surface area contributed by atoms with E-state index in [2.05, 4.69) is 27.3 Å². The van der Waals surface area contributed by atoms with Crippen molar-refractivity contribution < 1.29 is 8.42 Å². The molecule has 4 nitrogen and oxygen atoms in total. The second kappa shape index (κ2) is 6.01. The first-order valence-electron chi connectivity index (χ1n) is 6.09. The van der Waals surface area contributed by atoms with Gasteiger partial charge in [0.15, 0.2) is 0 Å². The standard InChI is InChI=1S/C14H15IN2O2S/c1-2-10-6-7-12(16)9-14(10)20(18,19)17-13-5-3-4-11(15)8-13/h3-9,17H,2,16H2,1H3. The molecule has 0 atom stereocenters. The van der Waals surface area contributed by atoms with E-state index < -0.39 is 10.0 Å². The number of benzene rings is 2. The first kappa shape index (κ1) is 15.1. The molecule has 6 heteroatoms. The fourth-order valence-electron chi connectivity index (χ4n) is 1.88. The van der Waals surface area contributed by atoms with Gasteiger partial charge in [0.25, 0.3) is 10.0 Å². The van der Waals surface area contributed by atoms with E-state index in [1.165, 1.54) is 6.07 Å². The lowest BCUT2D eigenvalue weighted by Crippen LogP contribution is -2.15. The molecule has 0 amide bonds. The number of hydrogen-bond donors (Lipinski definition) is 2. The zero-order chi connectivity index (χ0) is 14.8. The minimum Gasteiger partial charge on any atom is -0.399 e. The van der Waals surface area contributed by atoms with Crippen molar-refractivity contribution in [1.29, 1.82) is 0 Å². The summed E-state index contributed by atoms with van der Waals surface area (Å²) in [6, 6.07) is 12.2. The molecule has 2 aromatic rings. The Bertz CT molecular complexity index is 730. The number of sulfonamides is 1. The fourth-order valence-corrected chi connectivity index (χ4v) is 3.81. The first-order chi connectivity index (χ1) is 9.42. The van der Waals surface area contributed by atoms with Gasteiger partial charge in [0.1, 0.15) is 0 Å². The van der Waals surface area contributed by atoms with Gasteiger partial charge in [0.2, 0.25) is 0 Å². The molecule has 0 aliphatic carbocycles. The summed E-state index contributed by atoms with van der Waals surface area (Å²) in [6.07, 6.45) is 0.628. The minimum atomic E-state index is -3.63. The molecule has 3 N–H and O–H groups in total. The molecular weight excluding hydrogens is 387 g/mol. The molecule has 0 saturated carbocycles. The predicted molar refractivity (Wildman–Crippen MR) is 90.2 cm³/mol. The van der Waals surface area contributed by atoms with E-state index in [1.807, 2.05) is 13.0 Å². The lowest BCUT2D eigenvalue weighted by atomic mass is 10.1. The summed E-state index contributed by atoms with van der Waals surface area (Å²) in [7, 11) is -3.63. The highest BCUT2D eigenvalue weighted by Crippen LogP contribution is 2.23. The Morgan fingerprint density at radius 3 is 2.60 bits per heavy atom. The summed E-state index contributed by atoms with van der Waals surface area (Å²) >= 11 is 2.14. The van der Waals surface area contributed by atoms with Crippen LogP contribution in [0, 0.1) is 3.57 Å². The summed E-state index contributed by atoms with van der Waals surface area (Å²) < 4.78 is 28.5. The third-order valence-corrected chi connectivity index (χ3v) is 4.97. The van der Waals surface area contributed by atoms with Gasteiger partial charge in [-0.2, -0.15) is 0 Å². The van der Waals surface area contributed by atoms with Crippen molar-refractivity contribution >= 4 is 44.0 Å². The zero-order valence-corrected chi connectivity index (χ0v) is 13.9. The Morgan fingerprint density at radius 1 is 1.20 bits per heavy atom. The molecule has 0 fully saturated rings. The minimum absolute atomic E-state index is 0.235. The van der Waals surface area contributed by atoms with Gasteiger partial charge in [0, 0.05) is 14.9 Å². The van der Waals surface area contributed by atoms with E-state index in [0.717, 1.165) is 9.13 Å². The van der Waals surface area contributed by atoms with Crippen molar-refractivity contribution in [2.24, 2.45) is 0 Å². The van der Waals surface area contributed by atoms with E-state index in [1.54, 1.807) is 30.3 Å². The number of hydrogen-bond acceptors (Lipinski definition) is 3. The summed E-state index contributed by atoms with van der Waals surface area (Å²) in [5, 5.41) is 0. The van der Waals surface area contributed by atoms with Crippen molar-refractivity contribution in [1.82, 2.24) is 0 Å². The van der Waals surface area contributed by atoms with Gasteiger partial charge in [-0.3, -0.25) is 4.72 Å². The van der Waals surface area contributed by atoms with E-state index >= 15 is 0 Å². The molecule has 0 radical (unpaired) electrons. The number of rotatable bonds is 4. The Labute approximate surface area is 132 Å². The second-order valence-corrected chi connectivity index (χ2v) is 7.23. The Kier molecular flexibility index (Phi) is 4.54. The topological polar surface area (TPSA) is 72.2 Å². The van der Waals surface area contributed by atoms with Gasteiger partial charge in [-0.05, 0) is 64.9 Å². The summed E-state index contributed by atoms with van der Waals surface area (Å²) in [6.45, 7) is 1.91. The van der Waals surface area contributed by atoms with Crippen LogP contribution in [0.15, 0.2) is 47.4 Å². The highest BCUT2D eigenvalue weighted by molar-refractivity contribution is 14.1. The number of nitrogen functional groups attached to an aromatic ring is 1. The van der Waals surface area contributed by atoms with E-state index in [9.17, 15) is 8.42 Å². The van der Waals surface area contributed by atoms with Crippen molar-refractivity contribution in [3.8, 4) is 0 Å². The van der Waals surface area contributed by atoms with Crippen LogP contribution >= 0.6 is 22.6 Å². The Morgan fingerprint density at radius 2 is 1.95 bits per heavy atom. The van der Waals surface area contributed by atoms with Gasteiger partial charge in [-0.25, -0.2) is 8.42 Å². The molecule has 0 aromatic heterocycles. The first-order valence-corrected chi connectivity index (χ1v) is 8.65. The van der Waals surface area contributed by atoms with E-state index in [4.69, 9.17) is 5.73 Å². The molecule has 0 heterocycles. The highest BCUT2D eigenvalue weighted by atomic mass is 127. The molecule has 0 bridgehead atoms. The van der Waals surface area contributed by atoms with Crippen molar-refractivity contribution in [2.75, 3.05) is 10.5 Å². The van der Waals surface area contributed by atoms with Crippen LogP contribution in [-0.4, -0.2) is 8.42 Å². The third kappa shape index (κ3) is 3.43. The number of aryl methyl sites for hydroxylation is 1. The number of anilines is 2. The van der Waals surface area contributed by atoms with Gasteiger partial charge in [0.05, 0.1) is 4.90 Å². The molecule has 0 saturated heterocycles. The fraction of sp³-hybridized carbons (Fsp3) is 0.143. The van der Waals surface area contributed by atoms with Crippen LogP contribution in [0.3, 0.4) is 0 Å². The van der Waals surface area contributed by atoms with Crippen LogP contribution in [0.4, 0.5) is 11.4 Å². The molecule has 0 aliphatic heterocycles. The highest BCUT2D eigenvalue weighted by Gasteiger charge is 2.18. The average Bonchev–Trinajstić information content (AvgIpc) is 2.38. The molecular formula is C14H15IN2O2S. The van der Waals surface area contributed by atoms with Gasteiger partial charge >= 0.3 is 0 Å². The maximum atomic E-state index is 12.5. The monoisotopic (exact) mass is 402 g/mol. The molecule has 0 spiro atoms. The van der Waals surface area contributed by atoms with Crippen LogP contribution in [0.1, 0.15) is 12.5 Å².